The summed E-state index contributed by atoms with van der Waals surface area (Å²) in [6.45, 7) is 1.38. The average Bonchev–Trinajstić information content (AvgIpc) is 3.59. The number of rotatable bonds is 7. The maximum absolute atomic E-state index is 14.6. The van der Waals surface area contributed by atoms with Gasteiger partial charge in [0.05, 0.1) is 51.4 Å². The van der Waals surface area contributed by atoms with Gasteiger partial charge in [-0.05, 0) is 44.7 Å². The Bertz CT molecular complexity index is 1520. The van der Waals surface area contributed by atoms with E-state index < -0.39 is 58.7 Å². The maximum atomic E-state index is 14.6. The molecular formula is C29H27Cl2F3N4O5. The van der Waals surface area contributed by atoms with E-state index in [1.807, 2.05) is 0 Å². The van der Waals surface area contributed by atoms with Gasteiger partial charge in [-0.3, -0.25) is 24.0 Å². The summed E-state index contributed by atoms with van der Waals surface area (Å²) in [5, 5.41) is 13.4. The van der Waals surface area contributed by atoms with Gasteiger partial charge in [0.15, 0.2) is 11.5 Å². The van der Waals surface area contributed by atoms with Crippen molar-refractivity contribution in [2.75, 3.05) is 6.54 Å². The minimum atomic E-state index is -4.97. The van der Waals surface area contributed by atoms with E-state index in [1.165, 1.54) is 12.4 Å². The summed E-state index contributed by atoms with van der Waals surface area (Å²) < 4.78 is 50.4. The topological polar surface area (TPSA) is 115 Å². The minimum absolute atomic E-state index is 0.0274. The van der Waals surface area contributed by atoms with Gasteiger partial charge in [-0.25, -0.2) is 0 Å². The van der Waals surface area contributed by atoms with E-state index in [1.54, 1.807) is 37.3 Å². The van der Waals surface area contributed by atoms with E-state index in [0.29, 0.717) is 5.75 Å². The van der Waals surface area contributed by atoms with Crippen molar-refractivity contribution in [3.63, 3.8) is 0 Å². The first-order chi connectivity index (χ1) is 20.3. The number of Topliss-reactive ketones (excluding diaryl/α,β-unsaturated/α-hetero) is 1. The fourth-order valence-electron chi connectivity index (χ4n) is 5.79. The molecule has 9 nitrogen and oxygen atoms in total. The van der Waals surface area contributed by atoms with Crippen LogP contribution in [-0.2, 0) is 11.0 Å². The number of nitrogens with zero attached hydrogens (tertiary/aromatic N) is 4. The Morgan fingerprint density at radius 2 is 1.67 bits per heavy atom. The third-order valence-corrected chi connectivity index (χ3v) is 8.76. The fourth-order valence-corrected chi connectivity index (χ4v) is 6.34. The first-order valence-electron chi connectivity index (χ1n) is 13.5. The van der Waals surface area contributed by atoms with Crippen LogP contribution in [-0.4, -0.2) is 61.1 Å². The Morgan fingerprint density at radius 3 is 2.26 bits per heavy atom. The molecule has 3 heterocycles. The molecule has 3 aromatic rings. The van der Waals surface area contributed by atoms with Gasteiger partial charge in [-0.2, -0.15) is 18.3 Å². The standard InChI is InChI=1S/C29H27Cl2F3N4O5/c1-28(27(41)42)9-7-16(8-10-28)38-25(29(32,33)34)19(12-36-38)26(40)37-15-18(43-17-5-3-2-4-6-17)11-22(37)24(39)23-20(30)13-35-14-21(23)31/h2-6,12-14,16,18,22H,7-11,15H2,1H3,(H,41,42)/t16?,18-,22-,28?/m0/s1. The number of amides is 1. The zero-order valence-corrected chi connectivity index (χ0v) is 24.4. The van der Waals surface area contributed by atoms with E-state index in [-0.39, 0.29) is 54.3 Å². The van der Waals surface area contributed by atoms with Crippen LogP contribution in [0.1, 0.15) is 71.5 Å². The van der Waals surface area contributed by atoms with Crippen molar-refractivity contribution >= 4 is 40.9 Å². The van der Waals surface area contributed by atoms with Crippen LogP contribution in [0.4, 0.5) is 13.2 Å². The summed E-state index contributed by atoms with van der Waals surface area (Å²) in [6, 6.07) is 6.62. The van der Waals surface area contributed by atoms with Crippen LogP contribution in [0.5, 0.6) is 5.75 Å². The van der Waals surface area contributed by atoms with Crippen molar-refractivity contribution in [1.82, 2.24) is 19.7 Å². The van der Waals surface area contributed by atoms with Crippen molar-refractivity contribution in [2.24, 2.45) is 5.41 Å². The van der Waals surface area contributed by atoms with Gasteiger partial charge < -0.3 is 14.7 Å². The summed E-state index contributed by atoms with van der Waals surface area (Å²) in [6.07, 6.45) is -1.85. The van der Waals surface area contributed by atoms with E-state index in [4.69, 9.17) is 27.9 Å². The quantitative estimate of drug-likeness (QED) is 0.300. The highest BCUT2D eigenvalue weighted by atomic mass is 35.5. The number of alkyl halides is 3. The SMILES string of the molecule is CC1(C(=O)O)CCC(n2ncc(C(=O)N3C[C@@H](Oc4ccccc4)C[C@H]3C(=O)c3c(Cl)cncc3Cl)c2C(F)(F)F)CC1. The van der Waals surface area contributed by atoms with E-state index >= 15 is 0 Å². The normalized spacial score (nSPS) is 24.1. The Kier molecular flexibility index (Phi) is 8.45. The first-order valence-corrected chi connectivity index (χ1v) is 14.3. The molecule has 1 aliphatic heterocycles. The van der Waals surface area contributed by atoms with Crippen LogP contribution in [0.3, 0.4) is 0 Å². The Hall–Kier alpha value is -3.64. The maximum Gasteiger partial charge on any atom is 0.433 e. The molecule has 0 spiro atoms. The summed E-state index contributed by atoms with van der Waals surface area (Å²) >= 11 is 12.5. The number of halogens is 5. The molecule has 1 amide bonds. The fraction of sp³-hybridized carbons (Fsp3) is 0.414. The lowest BCUT2D eigenvalue weighted by Crippen LogP contribution is -2.42. The number of carbonyl (C=O) groups is 3. The van der Waals surface area contributed by atoms with Gasteiger partial charge in [0.2, 0.25) is 0 Å². The second-order valence-corrected chi connectivity index (χ2v) is 11.9. The van der Waals surface area contributed by atoms with E-state index in [2.05, 4.69) is 10.1 Å². The van der Waals surface area contributed by atoms with E-state index in [9.17, 15) is 32.7 Å². The Balaban J connectivity index is 1.49. The van der Waals surface area contributed by atoms with Crippen molar-refractivity contribution in [3.8, 4) is 5.75 Å². The smallest absolute Gasteiger partial charge is 0.433 e. The van der Waals surface area contributed by atoms with Gasteiger partial charge >= 0.3 is 12.1 Å². The average molecular weight is 639 g/mol. The zero-order valence-electron chi connectivity index (χ0n) is 22.9. The molecule has 1 saturated carbocycles. The second kappa shape index (κ2) is 11.8. The largest absolute Gasteiger partial charge is 0.488 e. The van der Waals surface area contributed by atoms with Crippen LogP contribution in [0, 0.1) is 5.41 Å². The Labute approximate surface area is 254 Å². The number of pyridine rings is 1. The number of ketones is 1. The number of carboxylic acids is 1. The predicted octanol–water partition coefficient (Wildman–Crippen LogP) is 6.35. The molecule has 228 valence electrons. The zero-order chi connectivity index (χ0) is 31.1. The molecule has 0 bridgehead atoms. The number of aromatic nitrogens is 3. The molecule has 0 radical (unpaired) electrons. The third kappa shape index (κ3) is 6.08. The Morgan fingerprint density at radius 1 is 1.05 bits per heavy atom. The number of hydrogen-bond donors (Lipinski definition) is 1. The second-order valence-electron chi connectivity index (χ2n) is 11.1. The number of para-hydroxylation sites is 1. The molecule has 2 aliphatic rings. The van der Waals surface area contributed by atoms with Crippen LogP contribution in [0.15, 0.2) is 48.9 Å². The number of carboxylic acid groups (broad SMARTS) is 1. The first kappa shape index (κ1) is 30.8. The monoisotopic (exact) mass is 638 g/mol. The summed E-state index contributed by atoms with van der Waals surface area (Å²) in [7, 11) is 0. The molecule has 1 saturated heterocycles. The number of likely N-dealkylation sites (tertiary alicyclic amines) is 1. The molecule has 2 atom stereocenters. The lowest BCUT2D eigenvalue weighted by Gasteiger charge is -2.34. The molecule has 2 fully saturated rings. The van der Waals surface area contributed by atoms with Gasteiger partial charge in [-0.1, -0.05) is 41.4 Å². The van der Waals surface area contributed by atoms with Crippen molar-refractivity contribution < 1.29 is 37.4 Å². The van der Waals surface area contributed by atoms with Crippen molar-refractivity contribution in [3.05, 3.63) is 75.8 Å². The number of hydrogen-bond acceptors (Lipinski definition) is 6. The summed E-state index contributed by atoms with van der Waals surface area (Å²) in [5.74, 6) is -2.26. The van der Waals surface area contributed by atoms with Crippen molar-refractivity contribution in [2.45, 2.75) is 63.4 Å². The lowest BCUT2D eigenvalue weighted by molar-refractivity contribution is -0.152. The molecule has 1 N–H and O–H groups in total. The molecule has 14 heteroatoms. The molecule has 1 aromatic carbocycles. The van der Waals surface area contributed by atoms with Gasteiger partial charge in [-0.15, -0.1) is 0 Å². The minimum Gasteiger partial charge on any atom is -0.488 e. The summed E-state index contributed by atoms with van der Waals surface area (Å²) in [4.78, 5) is 44.2. The number of ether oxygens (including phenoxy) is 1. The predicted molar refractivity (Wildman–Crippen MR) is 149 cm³/mol. The van der Waals surface area contributed by atoms with Gasteiger partial charge in [0.1, 0.15) is 11.9 Å². The van der Waals surface area contributed by atoms with Crippen molar-refractivity contribution in [1.29, 1.82) is 0 Å². The highest BCUT2D eigenvalue weighted by molar-refractivity contribution is 6.40. The number of benzene rings is 1. The molecule has 1 aliphatic carbocycles. The number of aliphatic carboxylic acids is 1. The van der Waals surface area contributed by atoms with Crippen LogP contribution < -0.4 is 4.74 Å². The van der Waals surface area contributed by atoms with Crippen LogP contribution in [0.2, 0.25) is 10.0 Å². The molecular weight excluding hydrogens is 612 g/mol. The van der Waals surface area contributed by atoms with E-state index in [0.717, 1.165) is 15.8 Å². The van der Waals surface area contributed by atoms with Crippen LogP contribution in [0.25, 0.3) is 0 Å². The third-order valence-electron chi connectivity index (χ3n) is 8.19. The molecule has 43 heavy (non-hydrogen) atoms. The molecule has 2 aromatic heterocycles. The number of carbonyl (C=O) groups excluding carboxylic acids is 2. The lowest BCUT2D eigenvalue weighted by atomic mass is 9.74. The molecule has 5 rings (SSSR count). The van der Waals surface area contributed by atoms with Gasteiger partial charge in [0.25, 0.3) is 5.91 Å². The highest BCUT2D eigenvalue weighted by Crippen LogP contribution is 2.44. The highest BCUT2D eigenvalue weighted by Gasteiger charge is 2.48. The van der Waals surface area contributed by atoms with Gasteiger partial charge in [0, 0.05) is 18.8 Å². The summed E-state index contributed by atoms with van der Waals surface area (Å²) in [5.41, 5.74) is -3.12. The van der Waals surface area contributed by atoms with Crippen LogP contribution >= 0.6 is 23.2 Å². The molecule has 0 unspecified atom stereocenters.